The van der Waals surface area contributed by atoms with Gasteiger partial charge in [0.25, 0.3) is 16.3 Å². The van der Waals surface area contributed by atoms with Crippen molar-refractivity contribution in [1.82, 2.24) is 4.72 Å². The fourth-order valence-corrected chi connectivity index (χ4v) is 6.67. The van der Waals surface area contributed by atoms with Gasteiger partial charge in [-0.15, -0.1) is 11.3 Å². The first-order valence-corrected chi connectivity index (χ1v) is 13.9. The molecule has 12 heteroatoms. The number of aromatic nitrogens is 1. The number of nitrogens with zero attached hydrogens (tertiary/aromatic N) is 2. The minimum atomic E-state index is -3.95. The summed E-state index contributed by atoms with van der Waals surface area (Å²) in [5.41, 5.74) is -0.179. The van der Waals surface area contributed by atoms with Crippen molar-refractivity contribution in [3.63, 3.8) is 0 Å². The van der Waals surface area contributed by atoms with E-state index in [9.17, 15) is 17.4 Å². The molecule has 0 aliphatic rings. The Balaban J connectivity index is 1.36. The Morgan fingerprint density at radius 2 is 1.86 bits per heavy atom. The molecule has 0 saturated carbocycles. The van der Waals surface area contributed by atoms with Gasteiger partial charge in [-0.05, 0) is 46.3 Å². The lowest BCUT2D eigenvalue weighted by Gasteiger charge is -2.04. The van der Waals surface area contributed by atoms with Crippen molar-refractivity contribution in [2.24, 2.45) is 0 Å². The van der Waals surface area contributed by atoms with Gasteiger partial charge >= 0.3 is 8.03 Å². The van der Waals surface area contributed by atoms with Gasteiger partial charge in [0.2, 0.25) is 0 Å². The van der Waals surface area contributed by atoms with E-state index in [0.717, 1.165) is 22.1 Å². The van der Waals surface area contributed by atoms with E-state index >= 15 is 0 Å². The van der Waals surface area contributed by atoms with Crippen LogP contribution in [0.3, 0.4) is 0 Å². The minimum Gasteiger partial charge on any atom is -0.487 e. The Labute approximate surface area is 206 Å². The molecule has 4 rings (SSSR count). The maximum Gasteiger partial charge on any atom is 0.573 e. The maximum absolute atomic E-state index is 13.7. The highest BCUT2D eigenvalue weighted by molar-refractivity contribution is 7.92. The van der Waals surface area contributed by atoms with E-state index in [0.29, 0.717) is 24.3 Å². The second-order valence-corrected chi connectivity index (χ2v) is 11.5. The summed E-state index contributed by atoms with van der Waals surface area (Å²) in [4.78, 5) is 0. The lowest BCUT2D eigenvalue weighted by molar-refractivity contribution is -0.697. The summed E-state index contributed by atoms with van der Waals surface area (Å²) in [6.45, 7) is 1.12. The summed E-state index contributed by atoms with van der Waals surface area (Å²) in [5.74, 6) is -0.266. The Hall–Kier alpha value is -3.42. The molecule has 2 heterocycles. The molecule has 1 atom stereocenters. The summed E-state index contributed by atoms with van der Waals surface area (Å²) in [7, 11) is -6.45. The molecule has 0 aliphatic carbocycles. The summed E-state index contributed by atoms with van der Waals surface area (Å²) in [6, 6.07) is 17.7. The Morgan fingerprint density at radius 3 is 2.60 bits per heavy atom. The van der Waals surface area contributed by atoms with Crippen LogP contribution in [0.25, 0.3) is 10.1 Å². The number of hydrogen-bond donors (Lipinski definition) is 1. The molecule has 0 fully saturated rings. The number of fused-ring (bicyclic) bond motifs is 1. The van der Waals surface area contributed by atoms with Crippen LogP contribution in [0.4, 0.5) is 4.39 Å². The Morgan fingerprint density at radius 1 is 1.09 bits per heavy atom. The van der Waals surface area contributed by atoms with Crippen LogP contribution in [0, 0.1) is 17.1 Å². The molecule has 35 heavy (non-hydrogen) atoms. The molecule has 4 aromatic rings. The van der Waals surface area contributed by atoms with Crippen molar-refractivity contribution in [2.45, 2.75) is 10.8 Å². The molecule has 0 radical (unpaired) electrons. The van der Waals surface area contributed by atoms with Gasteiger partial charge in [-0.1, -0.05) is 6.07 Å². The second kappa shape index (κ2) is 10.9. The van der Waals surface area contributed by atoms with Gasteiger partial charge in [-0.3, -0.25) is 4.52 Å². The number of halogens is 1. The van der Waals surface area contributed by atoms with Gasteiger partial charge < -0.3 is 4.74 Å². The number of hydrogen-bond acceptors (Lipinski definition) is 7. The SMILES string of the molecule is N#Cc1ccc(O[P+](=O)CNS(=O)(=O)c2cc3cc(OCC[n+]4ccccc4)ccc3s2)cc1F. The first-order chi connectivity index (χ1) is 16.8. The van der Waals surface area contributed by atoms with E-state index in [1.54, 1.807) is 24.3 Å². The zero-order valence-corrected chi connectivity index (χ0v) is 20.7. The van der Waals surface area contributed by atoms with Gasteiger partial charge in [-0.2, -0.15) is 9.98 Å². The largest absolute Gasteiger partial charge is 0.573 e. The second-order valence-electron chi connectivity index (χ2n) is 7.21. The predicted molar refractivity (Wildman–Crippen MR) is 128 cm³/mol. The third kappa shape index (κ3) is 6.38. The highest BCUT2D eigenvalue weighted by Crippen LogP contribution is 2.33. The zero-order valence-electron chi connectivity index (χ0n) is 18.1. The van der Waals surface area contributed by atoms with E-state index in [1.165, 1.54) is 18.2 Å². The lowest BCUT2D eigenvalue weighted by atomic mass is 10.2. The molecule has 0 spiro atoms. The lowest BCUT2D eigenvalue weighted by Crippen LogP contribution is -2.35. The van der Waals surface area contributed by atoms with Gasteiger partial charge in [0.1, 0.15) is 28.5 Å². The number of thiophene rings is 1. The molecular formula is C23H19FN3O5PS2+2. The molecule has 1 unspecified atom stereocenters. The standard InChI is InChI=1S/C23H19FN3O5PS2/c24-21-14-20(5-4-17(21)15-25)32-33(28)16-26-35(29,30)23-13-18-12-19(6-7-22(18)34-23)31-11-10-27-8-2-1-3-9-27/h1-9,12-14,26H,10-11,16H2/q+2. The first-order valence-electron chi connectivity index (χ1n) is 10.3. The van der Waals surface area contributed by atoms with E-state index in [-0.39, 0.29) is 15.5 Å². The summed E-state index contributed by atoms with van der Waals surface area (Å²) in [5, 5.41) is 9.45. The van der Waals surface area contributed by atoms with Crippen LogP contribution in [0.1, 0.15) is 5.56 Å². The quantitative estimate of drug-likeness (QED) is 0.241. The number of nitrogens with one attached hydrogen (secondary N) is 1. The number of benzene rings is 2. The first kappa shape index (κ1) is 24.7. The van der Waals surface area contributed by atoms with Crippen molar-refractivity contribution in [3.05, 3.63) is 84.4 Å². The topological polar surface area (TPSA) is 109 Å². The normalized spacial score (nSPS) is 11.7. The fraction of sp³-hybridized carbons (Fsp3) is 0.130. The van der Waals surface area contributed by atoms with Crippen molar-refractivity contribution < 1.29 is 31.2 Å². The minimum absolute atomic E-state index is 0.0531. The summed E-state index contributed by atoms with van der Waals surface area (Å²) >= 11 is 1.07. The number of rotatable bonds is 10. The maximum atomic E-state index is 13.7. The molecule has 2 aromatic carbocycles. The molecule has 178 valence electrons. The number of ether oxygens (including phenoxy) is 1. The van der Waals surface area contributed by atoms with E-state index < -0.39 is 30.2 Å². The smallest absolute Gasteiger partial charge is 0.487 e. The summed E-state index contributed by atoms with van der Waals surface area (Å²) in [6.07, 6.45) is 3.38. The predicted octanol–water partition coefficient (Wildman–Crippen LogP) is 4.34. The van der Waals surface area contributed by atoms with Crippen LogP contribution in [-0.4, -0.2) is 21.3 Å². The zero-order chi connectivity index (χ0) is 24.8. The van der Waals surface area contributed by atoms with Crippen molar-refractivity contribution in [2.75, 3.05) is 12.9 Å². The fourth-order valence-electron chi connectivity index (χ4n) is 3.07. The van der Waals surface area contributed by atoms with Crippen molar-refractivity contribution in [1.29, 1.82) is 5.26 Å². The van der Waals surface area contributed by atoms with Crippen LogP contribution in [-0.2, 0) is 21.1 Å². The van der Waals surface area contributed by atoms with E-state index in [2.05, 4.69) is 4.72 Å². The highest BCUT2D eigenvalue weighted by atomic mass is 32.2. The average Bonchev–Trinajstić information content (AvgIpc) is 3.28. The van der Waals surface area contributed by atoms with E-state index in [1.807, 2.05) is 35.2 Å². The number of sulfonamides is 1. The number of nitriles is 1. The molecule has 0 amide bonds. The molecule has 0 bridgehead atoms. The van der Waals surface area contributed by atoms with Crippen LogP contribution < -0.4 is 18.5 Å². The van der Waals surface area contributed by atoms with Gasteiger partial charge in [-0.25, -0.2) is 17.4 Å². The number of pyridine rings is 1. The van der Waals surface area contributed by atoms with Crippen LogP contribution in [0.15, 0.2) is 77.3 Å². The van der Waals surface area contributed by atoms with Crippen molar-refractivity contribution >= 4 is 39.5 Å². The van der Waals surface area contributed by atoms with Crippen LogP contribution in [0.5, 0.6) is 11.5 Å². The van der Waals surface area contributed by atoms with Crippen LogP contribution >= 0.6 is 19.4 Å². The van der Waals surface area contributed by atoms with Crippen molar-refractivity contribution in [3.8, 4) is 17.6 Å². The molecule has 0 aliphatic heterocycles. The van der Waals surface area contributed by atoms with E-state index in [4.69, 9.17) is 14.5 Å². The Kier molecular flexibility index (Phi) is 7.68. The Bertz CT molecular complexity index is 1520. The third-order valence-electron chi connectivity index (χ3n) is 4.78. The van der Waals surface area contributed by atoms with Gasteiger partial charge in [0.15, 0.2) is 24.7 Å². The highest BCUT2D eigenvalue weighted by Gasteiger charge is 2.26. The molecule has 8 nitrogen and oxygen atoms in total. The monoisotopic (exact) mass is 531 g/mol. The molecule has 2 aromatic heterocycles. The van der Waals surface area contributed by atoms with Gasteiger partial charge in [0, 0.05) is 22.9 Å². The molecular weight excluding hydrogens is 512 g/mol. The molecule has 0 saturated heterocycles. The van der Waals surface area contributed by atoms with Crippen LogP contribution in [0.2, 0.25) is 0 Å². The van der Waals surface area contributed by atoms with Gasteiger partial charge in [0.05, 0.1) is 5.56 Å². The summed E-state index contributed by atoms with van der Waals surface area (Å²) < 4.78 is 67.2. The third-order valence-corrected chi connectivity index (χ3v) is 8.81. The molecule has 1 N–H and O–H groups in total. The average molecular weight is 532 g/mol.